The first-order valence-electron chi connectivity index (χ1n) is 2.74. The standard InChI is InChI=1S/C4H7BO6.Li.H/c1-2(3(6)7)4(8)11-5(9)10;;/h2,9-10H,1H3,(H,6,7);;. The van der Waals surface area contributed by atoms with Gasteiger partial charge in [0.25, 0.3) is 0 Å². The van der Waals surface area contributed by atoms with Gasteiger partial charge in [-0.05, 0) is 6.92 Å². The topological polar surface area (TPSA) is 104 Å². The first-order chi connectivity index (χ1) is 4.95. The van der Waals surface area contributed by atoms with Gasteiger partial charge in [-0.1, -0.05) is 0 Å². The first kappa shape index (κ1) is 14.1. The van der Waals surface area contributed by atoms with Gasteiger partial charge in [-0.25, -0.2) is 0 Å². The molecule has 0 aliphatic heterocycles. The van der Waals surface area contributed by atoms with Crippen molar-refractivity contribution >= 4 is 38.1 Å². The van der Waals surface area contributed by atoms with Crippen LogP contribution in [0.4, 0.5) is 0 Å². The molecule has 12 heavy (non-hydrogen) atoms. The summed E-state index contributed by atoms with van der Waals surface area (Å²) in [6.45, 7) is 1.08. The molecule has 0 radical (unpaired) electrons. The summed E-state index contributed by atoms with van der Waals surface area (Å²) in [5.74, 6) is -3.96. The minimum absolute atomic E-state index is 0. The summed E-state index contributed by atoms with van der Waals surface area (Å²) >= 11 is 0. The van der Waals surface area contributed by atoms with E-state index in [4.69, 9.17) is 15.2 Å². The van der Waals surface area contributed by atoms with Crippen LogP contribution in [0.2, 0.25) is 0 Å². The summed E-state index contributed by atoms with van der Waals surface area (Å²) in [5.41, 5.74) is 0. The monoisotopic (exact) mass is 170 g/mol. The number of carbonyl (C=O) groups is 2. The zero-order chi connectivity index (χ0) is 9.02. The van der Waals surface area contributed by atoms with E-state index in [1.807, 2.05) is 0 Å². The van der Waals surface area contributed by atoms with Gasteiger partial charge in [0.1, 0.15) is 5.92 Å². The number of rotatable bonds is 3. The Balaban J connectivity index is 0. The summed E-state index contributed by atoms with van der Waals surface area (Å²) in [7, 11) is -2.26. The van der Waals surface area contributed by atoms with Crippen LogP contribution in [0.25, 0.3) is 0 Å². The Kier molecular flexibility index (Phi) is 7.13. The van der Waals surface area contributed by atoms with E-state index in [1.54, 1.807) is 0 Å². The zero-order valence-electron chi connectivity index (χ0n) is 5.72. The molecule has 64 valence electrons. The SMILES string of the molecule is CC(C(=O)O)C(=O)OB(O)O.[LiH]. The number of aliphatic carboxylic acids is 1. The number of carboxylic acids is 1. The summed E-state index contributed by atoms with van der Waals surface area (Å²) in [5, 5.41) is 24.3. The van der Waals surface area contributed by atoms with Crippen molar-refractivity contribution in [2.75, 3.05) is 0 Å². The quantitative estimate of drug-likeness (QED) is 0.321. The fourth-order valence-electron chi connectivity index (χ4n) is 0.307. The number of hydrogen-bond acceptors (Lipinski definition) is 5. The Morgan fingerprint density at radius 3 is 2.08 bits per heavy atom. The van der Waals surface area contributed by atoms with Gasteiger partial charge in [0.2, 0.25) is 0 Å². The van der Waals surface area contributed by atoms with Crippen molar-refractivity contribution in [2.24, 2.45) is 5.92 Å². The van der Waals surface area contributed by atoms with Crippen molar-refractivity contribution in [3.8, 4) is 0 Å². The molecule has 0 spiro atoms. The Bertz CT molecular complexity index is 171. The molecule has 0 aromatic heterocycles. The van der Waals surface area contributed by atoms with Crippen molar-refractivity contribution < 1.29 is 29.4 Å². The molecule has 0 aromatic carbocycles. The van der Waals surface area contributed by atoms with Gasteiger partial charge in [0.05, 0.1) is 0 Å². The van der Waals surface area contributed by atoms with Crippen molar-refractivity contribution in [3.63, 3.8) is 0 Å². The van der Waals surface area contributed by atoms with Crippen LogP contribution in [-0.4, -0.2) is 53.3 Å². The van der Waals surface area contributed by atoms with Crippen LogP contribution in [0.5, 0.6) is 0 Å². The second-order valence-corrected chi connectivity index (χ2v) is 1.82. The molecule has 1 unspecified atom stereocenters. The molecule has 0 aromatic rings. The van der Waals surface area contributed by atoms with E-state index in [-0.39, 0.29) is 18.9 Å². The molecule has 0 aliphatic rings. The maximum atomic E-state index is 10.5. The molecule has 1 atom stereocenters. The number of carbonyl (C=O) groups excluding carboxylic acids is 1. The van der Waals surface area contributed by atoms with Crippen LogP contribution < -0.4 is 0 Å². The fraction of sp³-hybridized carbons (Fsp3) is 0.500. The Morgan fingerprint density at radius 2 is 1.83 bits per heavy atom. The fourth-order valence-corrected chi connectivity index (χ4v) is 0.307. The average molecular weight is 170 g/mol. The number of hydrogen-bond donors (Lipinski definition) is 3. The van der Waals surface area contributed by atoms with Crippen molar-refractivity contribution in [2.45, 2.75) is 6.92 Å². The Labute approximate surface area is 80.9 Å². The molecule has 0 saturated carbocycles. The van der Waals surface area contributed by atoms with Gasteiger partial charge in [-0.2, -0.15) is 0 Å². The molecule has 0 rings (SSSR count). The van der Waals surface area contributed by atoms with Crippen molar-refractivity contribution in [1.82, 2.24) is 0 Å². The van der Waals surface area contributed by atoms with Crippen LogP contribution in [0, 0.1) is 5.92 Å². The van der Waals surface area contributed by atoms with Crippen LogP contribution in [-0.2, 0) is 14.2 Å². The molecule has 0 heterocycles. The van der Waals surface area contributed by atoms with Gasteiger partial charge >= 0.3 is 38.1 Å². The molecule has 3 N–H and O–H groups in total. The molecule has 0 amide bonds. The zero-order valence-corrected chi connectivity index (χ0v) is 5.72. The van der Waals surface area contributed by atoms with Gasteiger partial charge in [-0.3, -0.25) is 9.59 Å². The van der Waals surface area contributed by atoms with Gasteiger partial charge in [0.15, 0.2) is 0 Å². The normalized spacial score (nSPS) is 10.9. The van der Waals surface area contributed by atoms with E-state index < -0.39 is 25.2 Å². The Morgan fingerprint density at radius 1 is 1.42 bits per heavy atom. The van der Waals surface area contributed by atoms with Crippen LogP contribution in [0.1, 0.15) is 6.92 Å². The van der Waals surface area contributed by atoms with E-state index in [1.165, 1.54) is 0 Å². The van der Waals surface area contributed by atoms with Gasteiger partial charge in [-0.15, -0.1) is 0 Å². The van der Waals surface area contributed by atoms with Crippen LogP contribution in [0.3, 0.4) is 0 Å². The van der Waals surface area contributed by atoms with E-state index >= 15 is 0 Å². The van der Waals surface area contributed by atoms with Crippen molar-refractivity contribution in [1.29, 1.82) is 0 Å². The molecule has 0 fully saturated rings. The molecular weight excluding hydrogens is 162 g/mol. The molecule has 6 nitrogen and oxygen atoms in total. The van der Waals surface area contributed by atoms with Gasteiger partial charge in [0, 0.05) is 0 Å². The third-order valence-electron chi connectivity index (χ3n) is 0.946. The van der Waals surface area contributed by atoms with Crippen molar-refractivity contribution in [3.05, 3.63) is 0 Å². The van der Waals surface area contributed by atoms with E-state index in [0.29, 0.717) is 0 Å². The van der Waals surface area contributed by atoms with E-state index in [9.17, 15) is 9.59 Å². The van der Waals surface area contributed by atoms with E-state index in [0.717, 1.165) is 6.92 Å². The third-order valence-corrected chi connectivity index (χ3v) is 0.946. The summed E-state index contributed by atoms with van der Waals surface area (Å²) in [6.07, 6.45) is 0. The second kappa shape index (κ2) is 6.08. The maximum absolute atomic E-state index is 10.5. The average Bonchev–Trinajstić information content (AvgIpc) is 1.84. The predicted octanol–water partition coefficient (Wildman–Crippen LogP) is -2.43. The molecule has 0 aliphatic carbocycles. The molecule has 0 bridgehead atoms. The summed E-state index contributed by atoms with van der Waals surface area (Å²) in [4.78, 5) is 20.5. The molecule has 8 heteroatoms. The van der Waals surface area contributed by atoms with Gasteiger partial charge < -0.3 is 19.8 Å². The molecule has 0 saturated heterocycles. The second-order valence-electron chi connectivity index (χ2n) is 1.82. The van der Waals surface area contributed by atoms with E-state index in [2.05, 4.69) is 4.65 Å². The van der Waals surface area contributed by atoms with Crippen LogP contribution >= 0.6 is 0 Å². The summed E-state index contributed by atoms with van der Waals surface area (Å²) < 4.78 is 3.76. The summed E-state index contributed by atoms with van der Waals surface area (Å²) in [6, 6.07) is 0. The third kappa shape index (κ3) is 5.21. The predicted molar refractivity (Wildman–Crippen MR) is 40.2 cm³/mol. The Hall–Kier alpha value is -0.478. The van der Waals surface area contributed by atoms with Crippen LogP contribution in [0.15, 0.2) is 0 Å². The number of carboxylic acid groups (broad SMARTS) is 1. The minimum atomic E-state index is -2.26. The first-order valence-corrected chi connectivity index (χ1v) is 2.74. The molecular formula is C4H8BLiO6.